The zero-order chi connectivity index (χ0) is 15.3. The van der Waals surface area contributed by atoms with Crippen molar-refractivity contribution in [3.63, 3.8) is 0 Å². The van der Waals surface area contributed by atoms with Crippen LogP contribution in [0.25, 0.3) is 0 Å². The molecule has 0 spiro atoms. The Labute approximate surface area is 133 Å². The maximum absolute atomic E-state index is 12.2. The second-order valence-electron chi connectivity index (χ2n) is 4.36. The number of halogens is 1. The lowest BCUT2D eigenvalue weighted by molar-refractivity contribution is 0.340. The van der Waals surface area contributed by atoms with E-state index in [9.17, 15) is 8.42 Å². The first-order chi connectivity index (χ1) is 10.0. The van der Waals surface area contributed by atoms with Gasteiger partial charge < -0.3 is 4.74 Å². The van der Waals surface area contributed by atoms with Crippen molar-refractivity contribution in [1.82, 2.24) is 4.72 Å². The lowest BCUT2D eigenvalue weighted by Gasteiger charge is -2.09. The van der Waals surface area contributed by atoms with Gasteiger partial charge in [0.25, 0.3) is 0 Å². The highest BCUT2D eigenvalue weighted by Crippen LogP contribution is 2.16. The Hall–Kier alpha value is -1.37. The van der Waals surface area contributed by atoms with Crippen LogP contribution in [0.3, 0.4) is 0 Å². The van der Waals surface area contributed by atoms with E-state index < -0.39 is 10.0 Å². The molecular formula is C15H16BrNO3S. The highest BCUT2D eigenvalue weighted by molar-refractivity contribution is 9.10. The van der Waals surface area contributed by atoms with Crippen LogP contribution in [0.5, 0.6) is 5.75 Å². The van der Waals surface area contributed by atoms with E-state index in [2.05, 4.69) is 20.7 Å². The average Bonchev–Trinajstić information content (AvgIpc) is 2.47. The number of nitrogens with one attached hydrogen (secondary N) is 1. The number of sulfonamides is 1. The fourth-order valence-electron chi connectivity index (χ4n) is 1.79. The number of hydrogen-bond donors (Lipinski definition) is 1. The molecule has 0 saturated carbocycles. The van der Waals surface area contributed by atoms with Crippen LogP contribution in [-0.4, -0.2) is 15.0 Å². The molecule has 0 bridgehead atoms. The number of benzene rings is 2. The topological polar surface area (TPSA) is 55.4 Å². The van der Waals surface area contributed by atoms with Gasteiger partial charge >= 0.3 is 0 Å². The number of rotatable bonds is 6. The molecule has 0 aliphatic heterocycles. The summed E-state index contributed by atoms with van der Waals surface area (Å²) < 4.78 is 33.2. The van der Waals surface area contributed by atoms with Gasteiger partial charge in [-0.3, -0.25) is 0 Å². The molecule has 0 atom stereocenters. The van der Waals surface area contributed by atoms with Gasteiger partial charge in [0.15, 0.2) is 0 Å². The molecular weight excluding hydrogens is 354 g/mol. The van der Waals surface area contributed by atoms with E-state index in [1.807, 2.05) is 31.2 Å². The summed E-state index contributed by atoms with van der Waals surface area (Å²) in [5.74, 6) is 0.734. The Bertz CT molecular complexity index is 699. The molecule has 0 radical (unpaired) electrons. The molecule has 0 saturated heterocycles. The third-order valence-electron chi connectivity index (χ3n) is 2.80. The van der Waals surface area contributed by atoms with Gasteiger partial charge in [0.05, 0.1) is 11.5 Å². The quantitative estimate of drug-likeness (QED) is 0.849. The van der Waals surface area contributed by atoms with Crippen LogP contribution in [0, 0.1) is 0 Å². The standard InChI is InChI=1S/C15H16BrNO3S/c1-2-20-14-5-3-4-12(10-14)11-17-21(18,19)15-8-6-13(16)7-9-15/h3-10,17H,2,11H2,1H3. The molecule has 4 nitrogen and oxygen atoms in total. The maximum atomic E-state index is 12.2. The van der Waals surface area contributed by atoms with Crippen LogP contribution in [0.1, 0.15) is 12.5 Å². The maximum Gasteiger partial charge on any atom is 0.240 e. The SMILES string of the molecule is CCOc1cccc(CNS(=O)(=O)c2ccc(Br)cc2)c1. The van der Waals surface area contributed by atoms with E-state index in [0.29, 0.717) is 6.61 Å². The molecule has 0 aliphatic carbocycles. The van der Waals surface area contributed by atoms with Crippen molar-refractivity contribution in [2.24, 2.45) is 0 Å². The van der Waals surface area contributed by atoms with Gasteiger partial charge in [-0.05, 0) is 48.9 Å². The molecule has 2 rings (SSSR count). The Morgan fingerprint density at radius 3 is 2.52 bits per heavy atom. The van der Waals surface area contributed by atoms with Crippen LogP contribution in [0.4, 0.5) is 0 Å². The predicted octanol–water partition coefficient (Wildman–Crippen LogP) is 3.33. The van der Waals surface area contributed by atoms with E-state index in [0.717, 1.165) is 15.8 Å². The van der Waals surface area contributed by atoms with Crippen molar-refractivity contribution in [3.05, 3.63) is 58.6 Å². The van der Waals surface area contributed by atoms with Gasteiger partial charge in [0.2, 0.25) is 10.0 Å². The zero-order valence-corrected chi connectivity index (χ0v) is 13.9. The summed E-state index contributed by atoms with van der Waals surface area (Å²) in [6, 6.07) is 13.9. The summed E-state index contributed by atoms with van der Waals surface area (Å²) in [4.78, 5) is 0.242. The van der Waals surface area contributed by atoms with E-state index in [-0.39, 0.29) is 11.4 Å². The van der Waals surface area contributed by atoms with Gasteiger partial charge in [-0.15, -0.1) is 0 Å². The van der Waals surface area contributed by atoms with Crippen LogP contribution in [0.15, 0.2) is 57.9 Å². The van der Waals surface area contributed by atoms with E-state index in [1.165, 1.54) is 0 Å². The average molecular weight is 370 g/mol. The van der Waals surface area contributed by atoms with Crippen LogP contribution in [-0.2, 0) is 16.6 Å². The summed E-state index contributed by atoms with van der Waals surface area (Å²) >= 11 is 3.28. The van der Waals surface area contributed by atoms with Gasteiger partial charge in [-0.2, -0.15) is 0 Å². The molecule has 0 unspecified atom stereocenters. The zero-order valence-electron chi connectivity index (χ0n) is 11.5. The molecule has 0 heterocycles. The first-order valence-corrected chi connectivity index (χ1v) is 8.76. The minimum atomic E-state index is -3.51. The molecule has 112 valence electrons. The van der Waals surface area contributed by atoms with Crippen molar-refractivity contribution in [1.29, 1.82) is 0 Å². The second kappa shape index (κ2) is 7.06. The van der Waals surface area contributed by atoms with Crippen molar-refractivity contribution in [2.45, 2.75) is 18.4 Å². The molecule has 0 fully saturated rings. The lowest BCUT2D eigenvalue weighted by atomic mass is 10.2. The largest absolute Gasteiger partial charge is 0.494 e. The first-order valence-electron chi connectivity index (χ1n) is 6.48. The first kappa shape index (κ1) is 16.0. The van der Waals surface area contributed by atoms with Gasteiger partial charge in [-0.25, -0.2) is 13.1 Å². The minimum Gasteiger partial charge on any atom is -0.494 e. The Kier molecular flexibility index (Phi) is 5.39. The summed E-state index contributed by atoms with van der Waals surface area (Å²) in [6.07, 6.45) is 0. The lowest BCUT2D eigenvalue weighted by Crippen LogP contribution is -2.23. The highest BCUT2D eigenvalue weighted by Gasteiger charge is 2.13. The summed E-state index contributed by atoms with van der Waals surface area (Å²) in [7, 11) is -3.51. The summed E-state index contributed by atoms with van der Waals surface area (Å²) in [6.45, 7) is 2.70. The van der Waals surface area contributed by atoms with E-state index in [4.69, 9.17) is 4.74 Å². The summed E-state index contributed by atoms with van der Waals surface area (Å²) in [5.41, 5.74) is 0.849. The molecule has 1 N–H and O–H groups in total. The Morgan fingerprint density at radius 2 is 1.86 bits per heavy atom. The van der Waals surface area contributed by atoms with Crippen LogP contribution < -0.4 is 9.46 Å². The van der Waals surface area contributed by atoms with Gasteiger partial charge in [0, 0.05) is 11.0 Å². The van der Waals surface area contributed by atoms with E-state index in [1.54, 1.807) is 24.3 Å². The fraction of sp³-hybridized carbons (Fsp3) is 0.200. The predicted molar refractivity (Wildman–Crippen MR) is 85.8 cm³/mol. The van der Waals surface area contributed by atoms with Crippen LogP contribution in [0.2, 0.25) is 0 Å². The Morgan fingerprint density at radius 1 is 1.14 bits per heavy atom. The number of hydrogen-bond acceptors (Lipinski definition) is 3. The fourth-order valence-corrected chi connectivity index (χ4v) is 3.07. The normalized spacial score (nSPS) is 11.3. The smallest absolute Gasteiger partial charge is 0.240 e. The van der Waals surface area contributed by atoms with Crippen molar-refractivity contribution >= 4 is 26.0 Å². The third kappa shape index (κ3) is 4.56. The van der Waals surface area contributed by atoms with Gasteiger partial charge in [-0.1, -0.05) is 28.1 Å². The monoisotopic (exact) mass is 369 g/mol. The molecule has 6 heteroatoms. The van der Waals surface area contributed by atoms with Crippen molar-refractivity contribution < 1.29 is 13.2 Å². The molecule has 2 aromatic rings. The van der Waals surface area contributed by atoms with Crippen LogP contribution >= 0.6 is 15.9 Å². The molecule has 2 aromatic carbocycles. The van der Waals surface area contributed by atoms with Crippen molar-refractivity contribution in [3.8, 4) is 5.75 Å². The molecule has 0 aliphatic rings. The molecule has 0 aromatic heterocycles. The summed E-state index contributed by atoms with van der Waals surface area (Å²) in [5, 5.41) is 0. The minimum absolute atomic E-state index is 0.222. The third-order valence-corrected chi connectivity index (χ3v) is 4.75. The number of ether oxygens (including phenoxy) is 1. The Balaban J connectivity index is 2.08. The molecule has 21 heavy (non-hydrogen) atoms. The second-order valence-corrected chi connectivity index (χ2v) is 7.04. The molecule has 0 amide bonds. The van der Waals surface area contributed by atoms with Crippen molar-refractivity contribution in [2.75, 3.05) is 6.61 Å². The van der Waals surface area contributed by atoms with Gasteiger partial charge in [0.1, 0.15) is 5.75 Å². The highest BCUT2D eigenvalue weighted by atomic mass is 79.9. The van der Waals surface area contributed by atoms with E-state index >= 15 is 0 Å².